The van der Waals surface area contributed by atoms with Gasteiger partial charge in [0.05, 0.1) is 0 Å². The molecule has 0 atom stereocenters. The second-order valence-corrected chi connectivity index (χ2v) is 25.4. The van der Waals surface area contributed by atoms with E-state index in [0.717, 1.165) is 0 Å². The first-order valence-corrected chi connectivity index (χ1v) is 11.2. The zero-order valence-electron chi connectivity index (χ0n) is 2.72. The van der Waals surface area contributed by atoms with Crippen molar-refractivity contribution >= 4 is 48.5 Å². The van der Waals surface area contributed by atoms with E-state index >= 15 is 0 Å². The van der Waals surface area contributed by atoms with Gasteiger partial charge in [-0.25, -0.2) is 0 Å². The fourth-order valence-electron chi connectivity index (χ4n) is 0. The monoisotopic (exact) mass is 296 g/mol. The average Bonchev–Trinajstić information content (AvgIpc) is 0.650. The van der Waals surface area contributed by atoms with Gasteiger partial charge in [-0.05, 0) is 0 Å². The van der Waals surface area contributed by atoms with Crippen LogP contribution in [0.5, 0.6) is 0 Å². The van der Waals surface area contributed by atoms with Crippen LogP contribution in [0.3, 0.4) is 0 Å². The number of halogens is 5. The van der Waals surface area contributed by atoms with Gasteiger partial charge in [0.2, 0.25) is 0 Å². The molecule has 7 heteroatoms. The van der Waals surface area contributed by atoms with Crippen molar-refractivity contribution in [3.05, 3.63) is 0 Å². The molecule has 0 heterocycles. The Kier molecular flexibility index (Phi) is 4.62. The molecule has 2 N–H and O–H groups in total. The molecule has 0 saturated heterocycles. The zero-order chi connectivity index (χ0) is 5.45. The summed E-state index contributed by atoms with van der Waals surface area (Å²) in [4.78, 5) is 0. The summed E-state index contributed by atoms with van der Waals surface area (Å²) >= 11 is 0. The third-order valence-corrected chi connectivity index (χ3v) is 0. The molecule has 0 unspecified atom stereocenters. The van der Waals surface area contributed by atoms with Gasteiger partial charge in [-0.15, -0.1) is 0 Å². The molecule has 0 aliphatic carbocycles. The maximum atomic E-state index is 5.02. The van der Waals surface area contributed by atoms with Crippen molar-refractivity contribution < 1.29 is 14.1 Å². The van der Waals surface area contributed by atoms with Gasteiger partial charge in [0.25, 0.3) is 0 Å². The quantitative estimate of drug-likeness (QED) is 0.616. The average molecular weight is 298 g/mol. The molecule has 0 bridgehead atoms. The molecule has 0 aromatic rings. The van der Waals surface area contributed by atoms with Crippen LogP contribution in [-0.4, -0.2) is 5.48 Å². The number of hydrogen-bond donors (Lipinski definition) is 0. The van der Waals surface area contributed by atoms with Crippen LogP contribution in [0.15, 0.2) is 0 Å². The molecule has 0 fully saturated rings. The molecule has 0 saturated carbocycles. The van der Waals surface area contributed by atoms with Gasteiger partial charge >= 0.3 is 57.1 Å². The minimum absolute atomic E-state index is 0. The van der Waals surface area contributed by atoms with Gasteiger partial charge in [-0.2, -0.15) is 0 Å². The molecule has 0 amide bonds. The first-order valence-electron chi connectivity index (χ1n) is 0.630. The van der Waals surface area contributed by atoms with E-state index in [2.05, 4.69) is 0 Å². The second-order valence-electron chi connectivity index (χ2n) is 0.476. The van der Waals surface area contributed by atoms with Crippen molar-refractivity contribution in [2.45, 2.75) is 0 Å². The Balaban J connectivity index is 0. The molecule has 54 valence electrons. The number of rotatable bonds is 0. The van der Waals surface area contributed by atoms with Crippen molar-refractivity contribution in [2.24, 2.45) is 0 Å². The summed E-state index contributed by atoms with van der Waals surface area (Å²) in [5.74, 6) is 0. The molecule has 0 radical (unpaired) electrons. The fraction of sp³-hybridized carbons (Fsp3) is 0. The first kappa shape index (κ1) is 11.8. The van der Waals surface area contributed by atoms with Crippen LogP contribution >= 0.6 is 48.5 Å². The standard InChI is InChI=1S/5ClH.H2O.Rh/h5*1H;1H2;/q;;;;;;+3/p-5. The normalized spacial score (nSPS) is 16.4. The summed E-state index contributed by atoms with van der Waals surface area (Å²) in [5.41, 5.74) is 0. The van der Waals surface area contributed by atoms with Crippen LogP contribution in [0.2, 0.25) is 0 Å². The van der Waals surface area contributed by atoms with Gasteiger partial charge in [0.15, 0.2) is 0 Å². The maximum absolute atomic E-state index is 5.02. The Hall–Kier alpha value is 2.03. The molecule has 0 rings (SSSR count). The Morgan fingerprint density at radius 2 is 0.714 bits per heavy atom. The van der Waals surface area contributed by atoms with E-state index < -0.39 is 8.65 Å². The van der Waals surface area contributed by atoms with Crippen LogP contribution in [0, 0.1) is 0 Å². The van der Waals surface area contributed by atoms with E-state index in [1.165, 1.54) is 0 Å². The van der Waals surface area contributed by atoms with Crippen LogP contribution in [-0.2, 0) is 8.65 Å². The SMILES string of the molecule is O.[Cl][Rh-2]([Cl])([Cl])([Cl])[Cl]. The molecule has 0 spiro atoms. The second kappa shape index (κ2) is 2.74. The minimum atomic E-state index is -4.04. The van der Waals surface area contributed by atoms with E-state index in [-0.39, 0.29) is 5.48 Å². The fourth-order valence-corrected chi connectivity index (χ4v) is 0. The summed E-state index contributed by atoms with van der Waals surface area (Å²) in [5, 5.41) is 0. The summed E-state index contributed by atoms with van der Waals surface area (Å²) in [6, 6.07) is 0. The van der Waals surface area contributed by atoms with E-state index in [1.807, 2.05) is 0 Å². The molecule has 0 aliphatic rings. The van der Waals surface area contributed by atoms with Gasteiger partial charge in [0.1, 0.15) is 0 Å². The molecule has 0 aliphatic heterocycles. The van der Waals surface area contributed by atoms with Crippen LogP contribution in [0.4, 0.5) is 0 Å². The molecule has 0 aromatic carbocycles. The van der Waals surface area contributed by atoms with Crippen LogP contribution in [0.1, 0.15) is 0 Å². The van der Waals surface area contributed by atoms with E-state index in [0.29, 0.717) is 0 Å². The Labute approximate surface area is 62.1 Å². The third-order valence-electron chi connectivity index (χ3n) is 0. The van der Waals surface area contributed by atoms with E-state index in [4.69, 9.17) is 48.5 Å². The molecule has 7 heavy (non-hydrogen) atoms. The predicted octanol–water partition coefficient (Wildman–Crippen LogP) is 2.62. The van der Waals surface area contributed by atoms with Crippen molar-refractivity contribution in [3.8, 4) is 0 Å². The predicted molar refractivity (Wildman–Crippen MR) is 32.9 cm³/mol. The first-order chi connectivity index (χ1) is 2.24. The molecule has 0 aromatic heterocycles. The van der Waals surface area contributed by atoms with Gasteiger partial charge < -0.3 is 5.48 Å². The summed E-state index contributed by atoms with van der Waals surface area (Å²) in [6.45, 7) is 0. The summed E-state index contributed by atoms with van der Waals surface area (Å²) in [7, 11) is 21.0. The molecular formula is H2Cl5ORh-2. The summed E-state index contributed by atoms with van der Waals surface area (Å²) in [6.07, 6.45) is 0. The Morgan fingerprint density at radius 3 is 0.714 bits per heavy atom. The van der Waals surface area contributed by atoms with Crippen molar-refractivity contribution in [3.63, 3.8) is 0 Å². The van der Waals surface area contributed by atoms with Gasteiger partial charge in [-0.1, -0.05) is 0 Å². The van der Waals surface area contributed by atoms with Gasteiger partial charge in [-0.3, -0.25) is 0 Å². The molecular weight excluding hydrogens is 296 g/mol. The van der Waals surface area contributed by atoms with E-state index in [9.17, 15) is 0 Å². The van der Waals surface area contributed by atoms with E-state index in [1.54, 1.807) is 0 Å². The van der Waals surface area contributed by atoms with Crippen molar-refractivity contribution in [1.82, 2.24) is 0 Å². The summed E-state index contributed by atoms with van der Waals surface area (Å²) < 4.78 is 0. The Morgan fingerprint density at radius 1 is 0.714 bits per heavy atom. The van der Waals surface area contributed by atoms with Crippen LogP contribution < -0.4 is 0 Å². The van der Waals surface area contributed by atoms with Crippen molar-refractivity contribution in [2.75, 3.05) is 0 Å². The van der Waals surface area contributed by atoms with Gasteiger partial charge in [0, 0.05) is 0 Å². The van der Waals surface area contributed by atoms with Crippen LogP contribution in [0.25, 0.3) is 0 Å². The molecule has 1 nitrogen and oxygen atoms in total. The zero-order valence-corrected chi connectivity index (χ0v) is 8.14. The third kappa shape index (κ3) is 70.7. The topological polar surface area (TPSA) is 31.5 Å². The number of hydrogen-bond acceptors (Lipinski definition) is 0. The van der Waals surface area contributed by atoms with Crippen molar-refractivity contribution in [1.29, 1.82) is 0 Å². The Bertz CT molecular complexity index is 41.3.